The van der Waals surface area contributed by atoms with Crippen LogP contribution in [0.25, 0.3) is 0 Å². The van der Waals surface area contributed by atoms with Crippen LogP contribution in [0.5, 0.6) is 5.75 Å². The second-order valence-corrected chi connectivity index (χ2v) is 10.4. The molecule has 0 fully saturated rings. The number of carbonyl (C=O) groups is 2. The quantitative estimate of drug-likeness (QED) is 0.449. The Morgan fingerprint density at radius 3 is 2.62 bits per heavy atom. The molecule has 1 aliphatic carbocycles. The number of nitrogens with one attached hydrogen (secondary N) is 2. The van der Waals surface area contributed by atoms with Crippen LogP contribution in [0.3, 0.4) is 0 Å². The van der Waals surface area contributed by atoms with E-state index in [0.717, 1.165) is 22.7 Å². The van der Waals surface area contributed by atoms with Crippen LogP contribution in [0.4, 0.5) is 21.9 Å². The maximum absolute atomic E-state index is 14.0. The Morgan fingerprint density at radius 2 is 1.85 bits per heavy atom. The molecule has 0 radical (unpaired) electrons. The maximum atomic E-state index is 14.0. The molecule has 174 valence electrons. The van der Waals surface area contributed by atoms with Crippen molar-refractivity contribution < 1.29 is 14.3 Å². The first kappa shape index (κ1) is 22.2. The van der Waals surface area contributed by atoms with Crippen LogP contribution in [0.1, 0.15) is 37.6 Å². The first-order chi connectivity index (χ1) is 16.4. The molecule has 0 saturated carbocycles. The minimum absolute atomic E-state index is 0.0695. The maximum Gasteiger partial charge on any atom is 0.327 e. The lowest BCUT2D eigenvalue weighted by atomic mass is 9.74. The zero-order chi connectivity index (χ0) is 23.9. The number of rotatable bonds is 3. The number of allylic oxidation sites excluding steroid dienone is 1. The summed E-state index contributed by atoms with van der Waals surface area (Å²) in [6, 6.07) is 18.1. The van der Waals surface area contributed by atoms with Crippen LogP contribution in [-0.4, -0.2) is 18.9 Å². The first-order valence-electron chi connectivity index (χ1n) is 11.3. The molecule has 2 heterocycles. The lowest BCUT2D eigenvalue weighted by Crippen LogP contribution is -2.41. The number of benzene rings is 2. The van der Waals surface area contributed by atoms with Crippen molar-refractivity contribution in [2.75, 3.05) is 22.6 Å². The highest BCUT2D eigenvalue weighted by Crippen LogP contribution is 2.49. The number of anilines is 3. The Morgan fingerprint density at radius 1 is 1.09 bits per heavy atom. The standard InChI is InChI=1S/C27H27N3O3S/c1-27(2)15-19-24(21(31)16-27)25(23-13-8-14-34-23)30(20-11-6-4-9-17(20)28-19)26(32)29-18-10-5-7-12-22(18)33-3/h4-14,25,28H,15-16H2,1-3H3,(H,29,32). The summed E-state index contributed by atoms with van der Waals surface area (Å²) in [5.74, 6) is 0.639. The van der Waals surface area contributed by atoms with Crippen molar-refractivity contribution in [3.8, 4) is 5.75 Å². The van der Waals surface area contributed by atoms with Gasteiger partial charge in [0.25, 0.3) is 0 Å². The first-order valence-corrected chi connectivity index (χ1v) is 12.1. The second-order valence-electron chi connectivity index (χ2n) is 9.39. The number of fused-ring (bicyclic) bond motifs is 1. The number of ether oxygens (including phenoxy) is 1. The summed E-state index contributed by atoms with van der Waals surface area (Å²) in [4.78, 5) is 30.2. The van der Waals surface area contributed by atoms with E-state index >= 15 is 0 Å². The molecule has 0 saturated heterocycles. The van der Waals surface area contributed by atoms with E-state index in [1.54, 1.807) is 35.5 Å². The van der Waals surface area contributed by atoms with Crippen LogP contribution in [-0.2, 0) is 4.79 Å². The smallest absolute Gasteiger partial charge is 0.327 e. The van der Waals surface area contributed by atoms with Gasteiger partial charge in [-0.25, -0.2) is 4.79 Å². The molecule has 0 bridgehead atoms. The average Bonchev–Trinajstić information content (AvgIpc) is 3.28. The SMILES string of the molecule is COc1ccccc1NC(=O)N1c2ccccc2NC2=C(C(=O)CC(C)(C)C2)C1c1cccs1. The molecular weight excluding hydrogens is 446 g/mol. The Bertz CT molecular complexity index is 1280. The summed E-state index contributed by atoms with van der Waals surface area (Å²) < 4.78 is 5.45. The van der Waals surface area contributed by atoms with E-state index in [1.165, 1.54) is 0 Å². The molecule has 5 rings (SSSR count). The Hall–Kier alpha value is -3.58. The van der Waals surface area contributed by atoms with Crippen LogP contribution in [0, 0.1) is 5.41 Å². The molecule has 1 unspecified atom stereocenters. The molecular formula is C27H27N3O3S. The number of ketones is 1. The largest absolute Gasteiger partial charge is 0.495 e. The van der Waals surface area contributed by atoms with Gasteiger partial charge >= 0.3 is 6.03 Å². The van der Waals surface area contributed by atoms with E-state index in [1.807, 2.05) is 53.9 Å². The van der Waals surface area contributed by atoms with Gasteiger partial charge in [0.05, 0.1) is 24.2 Å². The fourth-order valence-corrected chi connectivity index (χ4v) is 5.67. The minimum Gasteiger partial charge on any atom is -0.495 e. The molecule has 2 aromatic carbocycles. The summed E-state index contributed by atoms with van der Waals surface area (Å²) in [6.07, 6.45) is 1.17. The van der Waals surface area contributed by atoms with Crippen LogP contribution in [0.2, 0.25) is 0 Å². The molecule has 3 aromatic rings. The van der Waals surface area contributed by atoms with E-state index in [-0.39, 0.29) is 17.2 Å². The second kappa shape index (κ2) is 8.65. The molecule has 0 spiro atoms. The molecule has 6 nitrogen and oxygen atoms in total. The lowest BCUT2D eigenvalue weighted by Gasteiger charge is -2.36. The van der Waals surface area contributed by atoms with E-state index in [0.29, 0.717) is 29.1 Å². The van der Waals surface area contributed by atoms with Crippen LogP contribution in [0.15, 0.2) is 77.3 Å². The van der Waals surface area contributed by atoms with Gasteiger partial charge in [0.1, 0.15) is 11.8 Å². The van der Waals surface area contributed by atoms with Gasteiger partial charge in [-0.3, -0.25) is 9.69 Å². The molecule has 34 heavy (non-hydrogen) atoms. The van der Waals surface area contributed by atoms with Crippen molar-refractivity contribution in [1.29, 1.82) is 0 Å². The number of hydrogen-bond acceptors (Lipinski definition) is 5. The fraction of sp³-hybridized carbons (Fsp3) is 0.259. The number of thiophene rings is 1. The van der Waals surface area contributed by atoms with Gasteiger partial charge in [0.2, 0.25) is 0 Å². The van der Waals surface area contributed by atoms with Crippen molar-refractivity contribution >= 4 is 40.2 Å². The van der Waals surface area contributed by atoms with Gasteiger partial charge in [-0.05, 0) is 47.5 Å². The highest BCUT2D eigenvalue weighted by Gasteiger charge is 2.43. The average molecular weight is 474 g/mol. The molecule has 1 aromatic heterocycles. The van der Waals surface area contributed by atoms with E-state index in [4.69, 9.17) is 4.74 Å². The van der Waals surface area contributed by atoms with Crippen molar-refractivity contribution in [3.05, 3.63) is 82.2 Å². The highest BCUT2D eigenvalue weighted by molar-refractivity contribution is 7.10. The van der Waals surface area contributed by atoms with Crippen LogP contribution >= 0.6 is 11.3 Å². The number of nitrogens with zero attached hydrogens (tertiary/aromatic N) is 1. The minimum atomic E-state index is -0.538. The Labute approximate surface area is 203 Å². The molecule has 2 amide bonds. The molecule has 1 aliphatic heterocycles. The summed E-state index contributed by atoms with van der Waals surface area (Å²) >= 11 is 1.55. The normalized spacial score (nSPS) is 19.0. The third-order valence-corrected chi connectivity index (χ3v) is 7.21. The summed E-state index contributed by atoms with van der Waals surface area (Å²) in [5.41, 5.74) is 3.47. The molecule has 1 atom stereocenters. The predicted octanol–water partition coefficient (Wildman–Crippen LogP) is 6.61. The zero-order valence-electron chi connectivity index (χ0n) is 19.4. The Balaban J connectivity index is 1.69. The van der Waals surface area contributed by atoms with Gasteiger partial charge in [-0.1, -0.05) is 44.2 Å². The Kier molecular flexibility index (Phi) is 5.65. The van der Waals surface area contributed by atoms with E-state index < -0.39 is 6.04 Å². The number of amides is 2. The van der Waals surface area contributed by atoms with Gasteiger partial charge in [0.15, 0.2) is 5.78 Å². The zero-order valence-corrected chi connectivity index (χ0v) is 20.2. The third kappa shape index (κ3) is 3.96. The van der Waals surface area contributed by atoms with Gasteiger partial charge in [-0.15, -0.1) is 11.3 Å². The molecule has 7 heteroatoms. The van der Waals surface area contributed by atoms with E-state index in [9.17, 15) is 9.59 Å². The number of methoxy groups -OCH3 is 1. The molecule has 2 aliphatic rings. The van der Waals surface area contributed by atoms with Crippen LogP contribution < -0.4 is 20.3 Å². The number of carbonyl (C=O) groups excluding carboxylic acids is 2. The number of urea groups is 1. The van der Waals surface area contributed by atoms with Gasteiger partial charge in [0, 0.05) is 22.6 Å². The van der Waals surface area contributed by atoms with Gasteiger partial charge < -0.3 is 15.4 Å². The summed E-state index contributed by atoms with van der Waals surface area (Å²) in [6.45, 7) is 4.22. The molecule has 2 N–H and O–H groups in total. The fourth-order valence-electron chi connectivity index (χ4n) is 4.85. The van der Waals surface area contributed by atoms with E-state index in [2.05, 4.69) is 24.5 Å². The predicted molar refractivity (Wildman–Crippen MR) is 137 cm³/mol. The number of Topliss-reactive ketones (excluding diaryl/α,β-unsaturated/α-hetero) is 1. The monoisotopic (exact) mass is 473 g/mol. The number of para-hydroxylation sites is 4. The van der Waals surface area contributed by atoms with Crippen molar-refractivity contribution in [2.24, 2.45) is 5.41 Å². The van der Waals surface area contributed by atoms with Crippen molar-refractivity contribution in [3.63, 3.8) is 0 Å². The lowest BCUT2D eigenvalue weighted by molar-refractivity contribution is -0.118. The van der Waals surface area contributed by atoms with Crippen molar-refractivity contribution in [2.45, 2.75) is 32.7 Å². The summed E-state index contributed by atoms with van der Waals surface area (Å²) in [5, 5.41) is 8.53. The third-order valence-electron chi connectivity index (χ3n) is 6.28. The highest BCUT2D eigenvalue weighted by atomic mass is 32.1. The topological polar surface area (TPSA) is 70.7 Å². The number of hydrogen-bond donors (Lipinski definition) is 2. The summed E-state index contributed by atoms with van der Waals surface area (Å²) in [7, 11) is 1.57. The van der Waals surface area contributed by atoms with Gasteiger partial charge in [-0.2, -0.15) is 0 Å². The van der Waals surface area contributed by atoms with Crippen molar-refractivity contribution in [1.82, 2.24) is 0 Å².